The number of likely N-dealkylation sites (tertiary alicyclic amines) is 1. The van der Waals surface area contributed by atoms with Crippen molar-refractivity contribution in [2.75, 3.05) is 29.9 Å². The summed E-state index contributed by atoms with van der Waals surface area (Å²) in [6.07, 6.45) is 3.28. The van der Waals surface area contributed by atoms with Gasteiger partial charge in [0.2, 0.25) is 0 Å². The topological polar surface area (TPSA) is 69.0 Å². The van der Waals surface area contributed by atoms with E-state index in [1.807, 2.05) is 25.1 Å². The monoisotopic (exact) mass is 447 g/mol. The van der Waals surface area contributed by atoms with Gasteiger partial charge in [0.25, 0.3) is 5.91 Å². The first-order chi connectivity index (χ1) is 15.9. The van der Waals surface area contributed by atoms with Crippen molar-refractivity contribution in [1.29, 1.82) is 0 Å². The molecule has 2 saturated heterocycles. The van der Waals surface area contributed by atoms with Crippen LogP contribution in [0.25, 0.3) is 11.0 Å². The summed E-state index contributed by atoms with van der Waals surface area (Å²) in [6.45, 7) is 9.48. The predicted octanol–water partition coefficient (Wildman–Crippen LogP) is 5.11. The lowest BCUT2D eigenvalue weighted by molar-refractivity contribution is 0.0998. The zero-order chi connectivity index (χ0) is 23.1. The van der Waals surface area contributed by atoms with Crippen LogP contribution in [-0.4, -0.2) is 47.6 Å². The van der Waals surface area contributed by atoms with Crippen LogP contribution in [0.1, 0.15) is 60.9 Å². The van der Waals surface area contributed by atoms with Crippen molar-refractivity contribution in [3.8, 4) is 0 Å². The Balaban J connectivity index is 1.27. The second-order valence-corrected chi connectivity index (χ2v) is 9.65. The number of aliphatic hydroxyl groups excluding tert-OH is 1. The standard InChI is InChI=1S/C27H33N3O3/c1-17-13-22(29-12-10-23(16-29)30-11-4-5-18(30)2)7-8-24(17)28-27(32)26-15-21-14-20(19(3)31)6-9-25(21)33-26/h6-9,13-15,18-19,23,31H,4-5,10-12,16H2,1-3H3,(H,28,32). The molecule has 3 unspecified atom stereocenters. The number of nitrogens with one attached hydrogen (secondary N) is 1. The average molecular weight is 448 g/mol. The molecule has 1 amide bonds. The van der Waals surface area contributed by atoms with Gasteiger partial charge in [0.05, 0.1) is 6.10 Å². The van der Waals surface area contributed by atoms with Gasteiger partial charge in [-0.2, -0.15) is 0 Å². The fraction of sp³-hybridized carbons (Fsp3) is 0.444. The van der Waals surface area contributed by atoms with Crippen LogP contribution in [0.3, 0.4) is 0 Å². The Kier molecular flexibility index (Phi) is 5.89. The second-order valence-electron chi connectivity index (χ2n) is 9.65. The van der Waals surface area contributed by atoms with Crippen molar-refractivity contribution >= 4 is 28.3 Å². The van der Waals surface area contributed by atoms with E-state index in [0.717, 1.165) is 35.3 Å². The predicted molar refractivity (Wildman–Crippen MR) is 132 cm³/mol. The van der Waals surface area contributed by atoms with E-state index >= 15 is 0 Å². The maximum Gasteiger partial charge on any atom is 0.291 e. The third-order valence-corrected chi connectivity index (χ3v) is 7.31. The maximum atomic E-state index is 12.8. The smallest absolute Gasteiger partial charge is 0.291 e. The molecule has 3 aromatic rings. The number of anilines is 2. The van der Waals surface area contributed by atoms with Gasteiger partial charge in [-0.15, -0.1) is 0 Å². The third-order valence-electron chi connectivity index (χ3n) is 7.31. The Bertz CT molecular complexity index is 1170. The molecule has 0 aliphatic carbocycles. The Hall–Kier alpha value is -2.83. The van der Waals surface area contributed by atoms with Gasteiger partial charge < -0.3 is 19.7 Å². The Morgan fingerprint density at radius 3 is 2.73 bits per heavy atom. The highest BCUT2D eigenvalue weighted by Gasteiger charge is 2.33. The number of amides is 1. The zero-order valence-corrected chi connectivity index (χ0v) is 19.7. The molecule has 1 aromatic heterocycles. The first-order valence-electron chi connectivity index (χ1n) is 12.0. The van der Waals surface area contributed by atoms with Crippen molar-refractivity contribution in [3.63, 3.8) is 0 Å². The molecule has 5 rings (SSSR count). The number of benzene rings is 2. The number of furan rings is 1. The van der Waals surface area contributed by atoms with E-state index in [1.54, 1.807) is 19.1 Å². The van der Waals surface area contributed by atoms with E-state index in [2.05, 4.69) is 34.2 Å². The van der Waals surface area contributed by atoms with Gasteiger partial charge in [-0.3, -0.25) is 9.69 Å². The number of aryl methyl sites for hydroxylation is 1. The molecule has 174 valence electrons. The van der Waals surface area contributed by atoms with E-state index in [0.29, 0.717) is 17.7 Å². The van der Waals surface area contributed by atoms with Crippen LogP contribution in [0.4, 0.5) is 11.4 Å². The molecule has 0 radical (unpaired) electrons. The highest BCUT2D eigenvalue weighted by atomic mass is 16.3. The van der Waals surface area contributed by atoms with Crippen molar-refractivity contribution in [1.82, 2.24) is 4.90 Å². The van der Waals surface area contributed by atoms with Gasteiger partial charge in [-0.1, -0.05) is 6.07 Å². The Morgan fingerprint density at radius 2 is 2.00 bits per heavy atom. The number of hydrogen-bond donors (Lipinski definition) is 2. The number of hydrogen-bond acceptors (Lipinski definition) is 5. The Morgan fingerprint density at radius 1 is 1.15 bits per heavy atom. The minimum atomic E-state index is -0.563. The number of fused-ring (bicyclic) bond motifs is 1. The van der Waals surface area contributed by atoms with Crippen LogP contribution in [0.15, 0.2) is 46.9 Å². The summed E-state index contributed by atoms with van der Waals surface area (Å²) in [5.74, 6) is -0.0109. The van der Waals surface area contributed by atoms with Gasteiger partial charge in [-0.05, 0) is 94.1 Å². The molecule has 2 N–H and O–H groups in total. The van der Waals surface area contributed by atoms with E-state index in [9.17, 15) is 9.90 Å². The van der Waals surface area contributed by atoms with Gasteiger partial charge in [0, 0.05) is 41.9 Å². The van der Waals surface area contributed by atoms with Gasteiger partial charge in [0.15, 0.2) is 5.76 Å². The summed E-state index contributed by atoms with van der Waals surface area (Å²) in [5.41, 5.74) is 4.47. The molecule has 2 aromatic carbocycles. The lowest BCUT2D eigenvalue weighted by Crippen LogP contribution is -2.39. The number of nitrogens with zero attached hydrogens (tertiary/aromatic N) is 2. The fourth-order valence-electron chi connectivity index (χ4n) is 5.35. The number of carbonyl (C=O) groups excluding carboxylic acids is 1. The molecule has 6 heteroatoms. The minimum absolute atomic E-state index is 0.262. The van der Waals surface area contributed by atoms with Crippen LogP contribution in [0.2, 0.25) is 0 Å². The molecule has 2 aliphatic heterocycles. The highest BCUT2D eigenvalue weighted by Crippen LogP contribution is 2.31. The minimum Gasteiger partial charge on any atom is -0.451 e. The first kappa shape index (κ1) is 22.0. The van der Waals surface area contributed by atoms with Crippen molar-refractivity contribution < 1.29 is 14.3 Å². The van der Waals surface area contributed by atoms with E-state index in [-0.39, 0.29) is 11.7 Å². The summed E-state index contributed by atoms with van der Waals surface area (Å²) in [6, 6.07) is 14.8. The Labute approximate surface area is 195 Å². The number of rotatable bonds is 5. The van der Waals surface area contributed by atoms with Crippen molar-refractivity contribution in [2.45, 2.75) is 58.2 Å². The van der Waals surface area contributed by atoms with Crippen LogP contribution < -0.4 is 10.2 Å². The summed E-state index contributed by atoms with van der Waals surface area (Å²) in [4.78, 5) is 18.0. The van der Waals surface area contributed by atoms with Crippen LogP contribution in [-0.2, 0) is 0 Å². The van der Waals surface area contributed by atoms with Crippen molar-refractivity contribution in [2.24, 2.45) is 0 Å². The van der Waals surface area contributed by atoms with Gasteiger partial charge in [-0.25, -0.2) is 0 Å². The molecule has 2 fully saturated rings. The highest BCUT2D eigenvalue weighted by molar-refractivity contribution is 6.05. The van der Waals surface area contributed by atoms with Crippen LogP contribution in [0, 0.1) is 6.92 Å². The maximum absolute atomic E-state index is 12.8. The summed E-state index contributed by atoms with van der Waals surface area (Å²) in [7, 11) is 0. The SMILES string of the molecule is Cc1cc(N2CCC(N3CCCC3C)C2)ccc1NC(=O)c1cc2cc(C(C)O)ccc2o1. The second kappa shape index (κ2) is 8.84. The summed E-state index contributed by atoms with van der Waals surface area (Å²) >= 11 is 0. The lowest BCUT2D eigenvalue weighted by atomic mass is 10.1. The van der Waals surface area contributed by atoms with E-state index in [1.165, 1.54) is 31.5 Å². The molecular weight excluding hydrogens is 414 g/mol. The molecule has 0 bridgehead atoms. The molecule has 0 saturated carbocycles. The van der Waals surface area contributed by atoms with Gasteiger partial charge >= 0.3 is 0 Å². The van der Waals surface area contributed by atoms with Crippen LogP contribution in [0.5, 0.6) is 0 Å². The van der Waals surface area contributed by atoms with Crippen LogP contribution >= 0.6 is 0 Å². The number of aliphatic hydroxyl groups is 1. The lowest BCUT2D eigenvalue weighted by Gasteiger charge is -2.28. The number of carbonyl (C=O) groups is 1. The van der Waals surface area contributed by atoms with Gasteiger partial charge in [0.1, 0.15) is 5.58 Å². The van der Waals surface area contributed by atoms with E-state index < -0.39 is 6.10 Å². The quantitative estimate of drug-likeness (QED) is 0.569. The largest absolute Gasteiger partial charge is 0.451 e. The average Bonchev–Trinajstić information content (AvgIpc) is 3.53. The summed E-state index contributed by atoms with van der Waals surface area (Å²) in [5, 5.41) is 13.6. The third kappa shape index (κ3) is 4.37. The van der Waals surface area contributed by atoms with Crippen molar-refractivity contribution in [3.05, 3.63) is 59.4 Å². The molecule has 0 spiro atoms. The zero-order valence-electron chi connectivity index (χ0n) is 19.7. The fourth-order valence-corrected chi connectivity index (χ4v) is 5.35. The molecule has 3 heterocycles. The first-order valence-corrected chi connectivity index (χ1v) is 12.0. The molecule has 2 aliphatic rings. The molecule has 3 atom stereocenters. The summed E-state index contributed by atoms with van der Waals surface area (Å²) < 4.78 is 5.74. The molecular formula is C27H33N3O3. The van der Waals surface area contributed by atoms with E-state index in [4.69, 9.17) is 4.42 Å². The normalized spacial score (nSPS) is 22.2. The molecule has 33 heavy (non-hydrogen) atoms. The molecule has 6 nitrogen and oxygen atoms in total.